The Balaban J connectivity index is 0.00000258. The summed E-state index contributed by atoms with van der Waals surface area (Å²) < 4.78 is 304. The Kier molecular flexibility index (Phi) is 19.8. The van der Waals surface area contributed by atoms with Crippen molar-refractivity contribution in [3.63, 3.8) is 0 Å². The molecule has 9 rings (SSSR count). The summed E-state index contributed by atoms with van der Waals surface area (Å²) in [6.45, 7) is 12.8. The van der Waals surface area contributed by atoms with Crippen molar-refractivity contribution in [2.45, 2.75) is 177 Å². The number of hydrogen-bond donors (Lipinski definition) is 2. The Morgan fingerprint density at radius 2 is 0.536 bits per heavy atom. The van der Waals surface area contributed by atoms with Crippen LogP contribution in [0.15, 0.2) is 70.9 Å². The first kappa shape index (κ1) is 79.1. The molecule has 0 saturated heterocycles. The van der Waals surface area contributed by atoms with E-state index >= 15 is 0 Å². The number of fused-ring (bicyclic) bond motifs is 8. The number of aromatic amines is 2. The van der Waals surface area contributed by atoms with Gasteiger partial charge in [0.2, 0.25) is 0 Å². The molecule has 12 atom stereocenters. The number of H-pyrrole nitrogens is 2. The molecule has 2 N–H and O–H groups in total. The standard InChI is InChI=1S/C56H70N4O24S8.C2H4O2.Ni/c1-29-21-49(5,85(61,62)63)25-53(9,89(73,74)75)45(29)41-33-13-15-35(57-33)42(46-30(2)22-50(6,86(64,65)66)26-54(46,10)90(76,77)78)37-17-19-39(59-37)44(48-32(4)24-52(8,88(70,71)72)28-56(48,12)92(82,83)84)40-20-18-38(60-40)43(36-16-14-34(41)58-36)47-31(3)23-51(7,87(67,68)69)27-55(47,11)91(79,80)81;1-2(3)4;/h13-24,45-48,57-58H,25-28H2,1-12H3,(H,61,62,63)(H,64,65,66)(H,67,68,69)(H,70,71,72)(H,73,74,75)(H,76,77,78)(H,79,80,81)(H,82,83,84);1H3,(H,3,4);/q;;+2/p-9. The van der Waals surface area contributed by atoms with E-state index < -0.39 is 174 Å². The molecule has 39 heteroatoms. The minimum absolute atomic E-state index is 0. The number of rotatable bonds is 12. The van der Waals surface area contributed by atoms with Crippen molar-refractivity contribution in [3.8, 4) is 0 Å². The van der Waals surface area contributed by atoms with Gasteiger partial charge in [0.15, 0.2) is 0 Å². The summed E-state index contributed by atoms with van der Waals surface area (Å²) >= 11 is 0. The zero-order valence-electron chi connectivity index (χ0n) is 53.7. The molecule has 3 aromatic rings. The van der Waals surface area contributed by atoms with Crippen molar-refractivity contribution < 1.29 is 130 Å². The van der Waals surface area contributed by atoms with Gasteiger partial charge in [0.25, 0.3) is 0 Å². The van der Waals surface area contributed by atoms with Crippen molar-refractivity contribution >= 4 is 133 Å². The van der Waals surface area contributed by atoms with Gasteiger partial charge in [0.05, 0.1) is 60.8 Å². The van der Waals surface area contributed by atoms with E-state index in [0.717, 1.165) is 86.6 Å². The van der Waals surface area contributed by atoms with Crippen LogP contribution in [-0.2, 0) is 102 Å². The zero-order chi connectivity index (χ0) is 73.3. The maximum absolute atomic E-state index is 14.1. The fourth-order valence-electron chi connectivity index (χ4n) is 15.8. The van der Waals surface area contributed by atoms with Crippen LogP contribution in [0.1, 0.15) is 184 Å². The predicted octanol–water partition coefficient (Wildman–Crippen LogP) is 3.57. The molecule has 0 saturated carbocycles. The van der Waals surface area contributed by atoms with Crippen molar-refractivity contribution in [2.24, 2.45) is 0 Å². The van der Waals surface area contributed by atoms with E-state index in [2.05, 4.69) is 9.97 Å². The number of hydrogen-bond acceptors (Lipinski definition) is 28. The molecule has 2 aliphatic heterocycles. The van der Waals surface area contributed by atoms with Crippen LogP contribution >= 0.6 is 0 Å². The third-order valence-electron chi connectivity index (χ3n) is 19.8. The maximum atomic E-state index is 14.1. The maximum Gasteiger partial charge on any atom is 2.00 e. The summed E-state index contributed by atoms with van der Waals surface area (Å²) in [6, 6.07) is 4.94. The SMILES string of the molecule is CC(=O)[O-].CC1=CC(C)(S(=O)(=O)[O-])CC(C)(S(=O)(=O)[O-])C1c1c2nc(c(C3C(C)=CC(C)(S(=O)(=O)[O-])CC3(C)S(=O)(=O)[O-])c3ccc([nH]3)c(C3C(C)=CC(C)(S(=O)(=O)[O-])CC3(C)S(=O)(=O)[O-])c3ccc([nH]3)c(C3C(C)=CC(C)(S(=O)(=O)[O-])CC3(C)S(=O)(=O)[O-])c3nc1C=C3)C=C2.[Ni+2]. The number of nitrogens with zero attached hydrogens (tertiary/aromatic N) is 2. The van der Waals surface area contributed by atoms with E-state index in [9.17, 15) is 104 Å². The summed E-state index contributed by atoms with van der Waals surface area (Å²) in [7, 11) is -45.5. The largest absolute Gasteiger partial charge is 2.00 e. The molecule has 3 aromatic heterocycles. The van der Waals surface area contributed by atoms with Gasteiger partial charge in [-0.25, -0.2) is 77.3 Å². The molecular weight excluding hydrogens is 1480 g/mol. The van der Waals surface area contributed by atoms with Crippen LogP contribution < -0.4 is 5.11 Å². The number of carboxylic acids is 1. The second-order valence-corrected chi connectivity index (χ2v) is 42.0. The average molecular weight is 1550 g/mol. The normalized spacial score (nSPS) is 32.1. The van der Waals surface area contributed by atoms with Gasteiger partial charge in [-0.2, -0.15) is 0 Å². The third kappa shape index (κ3) is 13.0. The van der Waals surface area contributed by atoms with Gasteiger partial charge in [-0.3, -0.25) is 0 Å². The number of carboxylic acid groups (broad SMARTS) is 1. The first-order chi connectivity index (χ1) is 42.9. The van der Waals surface area contributed by atoms with Crippen LogP contribution in [-0.4, -0.2) is 168 Å². The summed E-state index contributed by atoms with van der Waals surface area (Å²) in [4.78, 5) is 24.9. The van der Waals surface area contributed by atoms with Crippen molar-refractivity contribution in [3.05, 3.63) is 116 Å². The predicted molar refractivity (Wildman–Crippen MR) is 339 cm³/mol. The number of aliphatic carboxylic acids is 1. The smallest absolute Gasteiger partial charge is 0.747 e. The van der Waals surface area contributed by atoms with Gasteiger partial charge in [-0.05, 0) is 164 Å². The summed E-state index contributed by atoms with van der Waals surface area (Å²) in [5.74, 6) is -8.61. The first-order valence-corrected chi connectivity index (χ1v) is 39.9. The molecule has 0 radical (unpaired) electrons. The summed E-state index contributed by atoms with van der Waals surface area (Å²) in [5.41, 5.74) is -4.92. The van der Waals surface area contributed by atoms with Gasteiger partial charge in [0.1, 0.15) is 80.9 Å². The molecular formula is C58H65N4NiO26S8-7. The minimum atomic E-state index is -5.86. The molecule has 0 spiro atoms. The fraction of sp³-hybridized carbons (Fsp3) is 0.500. The number of allylic oxidation sites excluding steroid dienone is 4. The van der Waals surface area contributed by atoms with Gasteiger partial charge in [-0.15, -0.1) is 0 Å². The number of carbonyl (C=O) groups excluding carboxylic acids is 1. The fourth-order valence-corrected chi connectivity index (χ4v) is 23.7. The van der Waals surface area contributed by atoms with E-state index in [0.29, 0.717) is 0 Å². The van der Waals surface area contributed by atoms with E-state index in [1.165, 1.54) is 76.3 Å². The molecule has 30 nitrogen and oxygen atoms in total. The van der Waals surface area contributed by atoms with E-state index in [1.807, 2.05) is 0 Å². The molecule has 538 valence electrons. The summed E-state index contributed by atoms with van der Waals surface area (Å²) in [5, 5.41) is 8.89. The van der Waals surface area contributed by atoms with Gasteiger partial charge in [0, 0.05) is 74.0 Å². The van der Waals surface area contributed by atoms with Gasteiger partial charge in [-0.1, -0.05) is 46.6 Å². The van der Waals surface area contributed by atoms with Crippen LogP contribution in [0.2, 0.25) is 0 Å². The topological polar surface area (TPSA) is 555 Å². The molecule has 0 aromatic carbocycles. The van der Waals surface area contributed by atoms with Crippen molar-refractivity contribution in [1.82, 2.24) is 19.9 Å². The van der Waals surface area contributed by atoms with E-state index in [1.54, 1.807) is 0 Å². The van der Waals surface area contributed by atoms with E-state index in [-0.39, 0.29) is 106 Å². The Morgan fingerprint density at radius 1 is 0.361 bits per heavy atom. The zero-order valence-corrected chi connectivity index (χ0v) is 61.2. The number of nitrogens with one attached hydrogen (secondary N) is 2. The molecule has 4 aliphatic carbocycles. The van der Waals surface area contributed by atoms with E-state index in [4.69, 9.17) is 19.9 Å². The second-order valence-electron chi connectivity index (χ2n) is 27.3. The molecule has 97 heavy (non-hydrogen) atoms. The third-order valence-corrected chi connectivity index (χ3v) is 31.6. The minimum Gasteiger partial charge on any atom is -0.747 e. The quantitative estimate of drug-likeness (QED) is 0.102. The monoisotopic (exact) mass is 1550 g/mol. The van der Waals surface area contributed by atoms with Crippen LogP contribution in [0.25, 0.3) is 46.4 Å². The molecule has 12 unspecified atom stereocenters. The average Bonchev–Trinajstić information content (AvgIpc) is 1.71. The Bertz CT molecular complexity index is 5080. The first-order valence-electron chi connectivity index (χ1n) is 28.7. The van der Waals surface area contributed by atoms with Crippen LogP contribution in [0.4, 0.5) is 0 Å². The number of carbonyl (C=O) groups is 1. The molecule has 0 amide bonds. The Morgan fingerprint density at radius 3 is 0.732 bits per heavy atom. The van der Waals surface area contributed by atoms with Crippen molar-refractivity contribution in [2.75, 3.05) is 0 Å². The van der Waals surface area contributed by atoms with Gasteiger partial charge < -0.3 is 56.3 Å². The van der Waals surface area contributed by atoms with Crippen LogP contribution in [0, 0.1) is 0 Å². The van der Waals surface area contributed by atoms with Crippen LogP contribution in [0.5, 0.6) is 0 Å². The van der Waals surface area contributed by atoms with Gasteiger partial charge >= 0.3 is 16.5 Å². The van der Waals surface area contributed by atoms with Crippen LogP contribution in [0.3, 0.4) is 0 Å². The molecule has 5 heterocycles. The Hall–Kier alpha value is -5.20. The molecule has 0 fully saturated rings. The molecule has 6 aliphatic rings. The number of aromatic nitrogens is 4. The summed E-state index contributed by atoms with van der Waals surface area (Å²) in [6.07, 6.45) is 3.63. The molecule has 8 bridgehead atoms. The van der Waals surface area contributed by atoms with Crippen molar-refractivity contribution in [1.29, 1.82) is 0 Å². The Labute approximate surface area is 572 Å². The second kappa shape index (κ2) is 24.2.